The molecule has 0 bridgehead atoms. The molecular weight excluding hydrogens is 261 g/mol. The van der Waals surface area contributed by atoms with Crippen molar-refractivity contribution >= 4 is 0 Å². The van der Waals surface area contributed by atoms with Crippen LogP contribution in [0.2, 0.25) is 0 Å². The molecule has 106 valence electrons. The maximum atomic E-state index is 12.4. The molecule has 0 spiro atoms. The van der Waals surface area contributed by atoms with E-state index in [9.17, 15) is 13.2 Å². The first-order chi connectivity index (χ1) is 9.01. The number of rotatable bonds is 4. The summed E-state index contributed by atoms with van der Waals surface area (Å²) in [6.07, 6.45) is -3.37. The SMILES string of the molecule is NNC(c1ccccc1OC(F)(F)F)C1CCCO1. The summed E-state index contributed by atoms with van der Waals surface area (Å²) in [4.78, 5) is 0. The van der Waals surface area contributed by atoms with Crippen LogP contribution in [0.15, 0.2) is 24.3 Å². The van der Waals surface area contributed by atoms with Crippen LogP contribution in [0.5, 0.6) is 5.75 Å². The molecular formula is C12H15F3N2O2. The third-order valence-electron chi connectivity index (χ3n) is 3.00. The summed E-state index contributed by atoms with van der Waals surface area (Å²) in [5, 5.41) is 0. The number of ether oxygens (including phenoxy) is 2. The minimum absolute atomic E-state index is 0.247. The number of hydrazine groups is 1. The van der Waals surface area contributed by atoms with Gasteiger partial charge in [-0.25, -0.2) is 0 Å². The quantitative estimate of drug-likeness (QED) is 0.654. The average Bonchev–Trinajstić information content (AvgIpc) is 2.84. The van der Waals surface area contributed by atoms with Crippen LogP contribution in [-0.4, -0.2) is 19.1 Å². The molecule has 0 aliphatic carbocycles. The van der Waals surface area contributed by atoms with Crippen molar-refractivity contribution in [3.8, 4) is 5.75 Å². The van der Waals surface area contributed by atoms with Crippen molar-refractivity contribution in [2.75, 3.05) is 6.61 Å². The standard InChI is InChI=1S/C12H15F3N2O2/c13-12(14,15)19-9-5-2-1-4-8(9)11(17-16)10-6-3-7-18-10/h1-2,4-5,10-11,17H,3,6-7,16H2. The highest BCUT2D eigenvalue weighted by Gasteiger charge is 2.35. The Morgan fingerprint density at radius 1 is 1.37 bits per heavy atom. The number of benzene rings is 1. The van der Waals surface area contributed by atoms with Crippen molar-refractivity contribution in [2.24, 2.45) is 5.84 Å². The number of nitrogens with two attached hydrogens (primary N) is 1. The predicted octanol–water partition coefficient (Wildman–Crippen LogP) is 2.27. The molecule has 1 heterocycles. The number of alkyl halides is 3. The highest BCUT2D eigenvalue weighted by Crippen LogP contribution is 2.34. The zero-order valence-corrected chi connectivity index (χ0v) is 10.1. The number of hydrogen-bond donors (Lipinski definition) is 2. The van der Waals surface area contributed by atoms with E-state index < -0.39 is 12.4 Å². The fourth-order valence-corrected chi connectivity index (χ4v) is 2.22. The van der Waals surface area contributed by atoms with E-state index in [0.717, 1.165) is 12.8 Å². The van der Waals surface area contributed by atoms with Crippen LogP contribution in [0, 0.1) is 0 Å². The summed E-state index contributed by atoms with van der Waals surface area (Å²) < 4.78 is 46.6. The third-order valence-corrected chi connectivity index (χ3v) is 3.00. The molecule has 7 heteroatoms. The van der Waals surface area contributed by atoms with Crippen LogP contribution in [0.3, 0.4) is 0 Å². The third kappa shape index (κ3) is 3.59. The summed E-state index contributed by atoms with van der Waals surface area (Å²) in [5.74, 6) is 5.19. The van der Waals surface area contributed by atoms with Gasteiger partial charge in [0.25, 0.3) is 0 Å². The molecule has 1 aromatic carbocycles. The van der Waals surface area contributed by atoms with Crippen LogP contribution in [0.25, 0.3) is 0 Å². The van der Waals surface area contributed by atoms with Gasteiger partial charge in [0.05, 0.1) is 12.1 Å². The zero-order chi connectivity index (χ0) is 13.9. The molecule has 4 nitrogen and oxygen atoms in total. The molecule has 1 saturated heterocycles. The first kappa shape index (κ1) is 14.1. The molecule has 0 amide bonds. The Kier molecular flexibility index (Phi) is 4.28. The topological polar surface area (TPSA) is 56.5 Å². The molecule has 0 saturated carbocycles. The maximum Gasteiger partial charge on any atom is 0.573 e. The van der Waals surface area contributed by atoms with Crippen molar-refractivity contribution in [1.82, 2.24) is 5.43 Å². The number of hydrogen-bond acceptors (Lipinski definition) is 4. The Hall–Kier alpha value is -1.31. The molecule has 3 N–H and O–H groups in total. The molecule has 2 atom stereocenters. The van der Waals surface area contributed by atoms with Gasteiger partial charge in [-0.05, 0) is 18.9 Å². The highest BCUT2D eigenvalue weighted by atomic mass is 19.4. The first-order valence-corrected chi connectivity index (χ1v) is 5.93. The monoisotopic (exact) mass is 276 g/mol. The van der Waals surface area contributed by atoms with Crippen molar-refractivity contribution in [3.63, 3.8) is 0 Å². The van der Waals surface area contributed by atoms with E-state index in [1.54, 1.807) is 12.1 Å². The van der Waals surface area contributed by atoms with E-state index in [1.165, 1.54) is 12.1 Å². The van der Waals surface area contributed by atoms with Crippen molar-refractivity contribution in [3.05, 3.63) is 29.8 Å². The Balaban J connectivity index is 2.26. The fraction of sp³-hybridized carbons (Fsp3) is 0.500. The lowest BCUT2D eigenvalue weighted by Crippen LogP contribution is -2.37. The lowest BCUT2D eigenvalue weighted by Gasteiger charge is -2.24. The van der Waals surface area contributed by atoms with Gasteiger partial charge in [0, 0.05) is 12.2 Å². The number of nitrogens with one attached hydrogen (secondary N) is 1. The van der Waals surface area contributed by atoms with Crippen LogP contribution in [-0.2, 0) is 4.74 Å². The van der Waals surface area contributed by atoms with Crippen LogP contribution >= 0.6 is 0 Å². The van der Waals surface area contributed by atoms with Gasteiger partial charge in [0.2, 0.25) is 0 Å². The highest BCUT2D eigenvalue weighted by molar-refractivity contribution is 5.36. The number of halogens is 3. The maximum absolute atomic E-state index is 12.4. The lowest BCUT2D eigenvalue weighted by atomic mass is 9.99. The van der Waals surface area contributed by atoms with Gasteiger partial charge in [0.15, 0.2) is 0 Å². The Morgan fingerprint density at radius 2 is 2.11 bits per heavy atom. The molecule has 1 aliphatic rings. The van der Waals surface area contributed by atoms with Crippen molar-refractivity contribution in [1.29, 1.82) is 0 Å². The van der Waals surface area contributed by atoms with E-state index in [4.69, 9.17) is 10.6 Å². The van der Waals surface area contributed by atoms with Gasteiger partial charge in [-0.3, -0.25) is 11.3 Å². The van der Waals surface area contributed by atoms with Gasteiger partial charge >= 0.3 is 6.36 Å². The van der Waals surface area contributed by atoms with Crippen LogP contribution in [0.4, 0.5) is 13.2 Å². The van der Waals surface area contributed by atoms with E-state index >= 15 is 0 Å². The van der Waals surface area contributed by atoms with Gasteiger partial charge in [-0.15, -0.1) is 13.2 Å². The number of para-hydroxylation sites is 1. The van der Waals surface area contributed by atoms with E-state index in [2.05, 4.69) is 10.2 Å². The van der Waals surface area contributed by atoms with E-state index in [-0.39, 0.29) is 11.9 Å². The van der Waals surface area contributed by atoms with E-state index in [0.29, 0.717) is 12.2 Å². The summed E-state index contributed by atoms with van der Waals surface area (Å²) in [5.41, 5.74) is 2.86. The van der Waals surface area contributed by atoms with Crippen LogP contribution < -0.4 is 16.0 Å². The minimum Gasteiger partial charge on any atom is -0.405 e. The second kappa shape index (κ2) is 5.77. The Bertz CT molecular complexity index is 420. The molecule has 19 heavy (non-hydrogen) atoms. The second-order valence-corrected chi connectivity index (χ2v) is 4.28. The van der Waals surface area contributed by atoms with Crippen molar-refractivity contribution in [2.45, 2.75) is 31.3 Å². The predicted molar refractivity (Wildman–Crippen MR) is 62.2 cm³/mol. The first-order valence-electron chi connectivity index (χ1n) is 5.93. The lowest BCUT2D eigenvalue weighted by molar-refractivity contribution is -0.275. The van der Waals surface area contributed by atoms with E-state index in [1.807, 2.05) is 0 Å². The summed E-state index contributed by atoms with van der Waals surface area (Å²) >= 11 is 0. The van der Waals surface area contributed by atoms with Gasteiger partial charge in [-0.1, -0.05) is 18.2 Å². The average molecular weight is 276 g/mol. The molecule has 2 unspecified atom stereocenters. The summed E-state index contributed by atoms with van der Waals surface area (Å²) in [7, 11) is 0. The van der Waals surface area contributed by atoms with Gasteiger partial charge < -0.3 is 9.47 Å². The Labute approximate surface area is 108 Å². The van der Waals surface area contributed by atoms with Gasteiger partial charge in [-0.2, -0.15) is 0 Å². The second-order valence-electron chi connectivity index (χ2n) is 4.28. The van der Waals surface area contributed by atoms with Crippen LogP contribution in [0.1, 0.15) is 24.4 Å². The molecule has 0 radical (unpaired) electrons. The smallest absolute Gasteiger partial charge is 0.405 e. The largest absolute Gasteiger partial charge is 0.573 e. The molecule has 1 aliphatic heterocycles. The summed E-state index contributed by atoms with van der Waals surface area (Å²) in [6.45, 7) is 0.588. The normalized spacial score (nSPS) is 21.4. The van der Waals surface area contributed by atoms with Gasteiger partial charge in [0.1, 0.15) is 5.75 Å². The molecule has 1 fully saturated rings. The molecule has 1 aromatic rings. The fourth-order valence-electron chi connectivity index (χ4n) is 2.22. The summed E-state index contributed by atoms with van der Waals surface area (Å²) in [6, 6.07) is 5.40. The minimum atomic E-state index is -4.73. The zero-order valence-electron chi connectivity index (χ0n) is 10.1. The Morgan fingerprint density at radius 3 is 2.68 bits per heavy atom. The molecule has 2 rings (SSSR count). The van der Waals surface area contributed by atoms with Crippen molar-refractivity contribution < 1.29 is 22.6 Å². The molecule has 0 aromatic heterocycles.